The molecule has 0 spiro atoms. The molecule has 0 radical (unpaired) electrons. The van der Waals surface area contributed by atoms with Gasteiger partial charge in [0.1, 0.15) is 5.76 Å². The highest BCUT2D eigenvalue weighted by Crippen LogP contribution is 2.22. The maximum absolute atomic E-state index is 13.1. The van der Waals surface area contributed by atoms with Gasteiger partial charge in [-0.15, -0.1) is 0 Å². The predicted octanol–water partition coefficient (Wildman–Crippen LogP) is 4.45. The quantitative estimate of drug-likeness (QED) is 0.250. The Morgan fingerprint density at radius 2 is 1.93 bits per heavy atom. The number of aromatic nitrogens is 3. The number of carbonyl (C=O) groups excluding carboxylic acids is 1. The van der Waals surface area contributed by atoms with Crippen LogP contribution in [0.3, 0.4) is 0 Å². The van der Waals surface area contributed by atoms with Gasteiger partial charge < -0.3 is 8.98 Å². The van der Waals surface area contributed by atoms with Crippen LogP contribution in [0.2, 0.25) is 0 Å². The van der Waals surface area contributed by atoms with Crippen LogP contribution < -0.4 is 5.56 Å². The smallest absolute Gasteiger partial charge is 0.262 e. The van der Waals surface area contributed by atoms with E-state index in [0.29, 0.717) is 21.8 Å². The molecule has 154 valence electrons. The van der Waals surface area contributed by atoms with Crippen LogP contribution in [-0.2, 0) is 13.1 Å². The van der Waals surface area contributed by atoms with Gasteiger partial charge >= 0.3 is 0 Å². The summed E-state index contributed by atoms with van der Waals surface area (Å²) in [7, 11) is 0. The number of furan rings is 1. The van der Waals surface area contributed by atoms with Gasteiger partial charge in [-0.3, -0.25) is 14.2 Å². The third-order valence-corrected chi connectivity index (χ3v) is 6.22. The number of ketones is 1. The van der Waals surface area contributed by atoms with Crippen LogP contribution in [0.1, 0.15) is 34.4 Å². The van der Waals surface area contributed by atoms with E-state index in [2.05, 4.69) is 16.5 Å². The number of nitrogens with zero attached hydrogens (tertiary/aromatic N) is 3. The van der Waals surface area contributed by atoms with Crippen LogP contribution in [0.25, 0.3) is 10.9 Å². The maximum atomic E-state index is 13.1. The largest absolute Gasteiger partial charge is 0.467 e. The molecule has 6 nitrogen and oxygen atoms in total. The lowest BCUT2D eigenvalue weighted by molar-refractivity contribution is 0.102. The minimum Gasteiger partial charge on any atom is -0.467 e. The Labute approximate surface area is 178 Å². The second-order valence-electron chi connectivity index (χ2n) is 7.12. The van der Waals surface area contributed by atoms with Crippen molar-refractivity contribution in [1.82, 2.24) is 14.1 Å². The van der Waals surface area contributed by atoms with E-state index in [9.17, 15) is 9.59 Å². The van der Waals surface area contributed by atoms with E-state index in [1.165, 1.54) is 11.8 Å². The average Bonchev–Trinajstić information content (AvgIpc) is 3.36. The van der Waals surface area contributed by atoms with Crippen molar-refractivity contribution in [2.75, 3.05) is 5.75 Å². The van der Waals surface area contributed by atoms with Crippen molar-refractivity contribution in [2.45, 2.75) is 39.0 Å². The zero-order valence-corrected chi connectivity index (χ0v) is 18.0. The molecule has 0 aliphatic carbocycles. The third-order valence-electron chi connectivity index (χ3n) is 5.24. The van der Waals surface area contributed by atoms with Gasteiger partial charge in [-0.05, 0) is 51.1 Å². The number of para-hydroxylation sites is 1. The molecule has 7 heteroatoms. The fraction of sp³-hybridized carbons (Fsp3) is 0.261. The second-order valence-corrected chi connectivity index (χ2v) is 8.07. The highest BCUT2D eigenvalue weighted by molar-refractivity contribution is 7.99. The summed E-state index contributed by atoms with van der Waals surface area (Å²) in [5, 5.41) is 1.05. The van der Waals surface area contributed by atoms with Crippen LogP contribution in [0.4, 0.5) is 0 Å². The number of rotatable bonds is 7. The maximum Gasteiger partial charge on any atom is 0.262 e. The molecule has 4 rings (SSSR count). The molecular formula is C23H23N3O3S. The van der Waals surface area contributed by atoms with E-state index < -0.39 is 0 Å². The van der Waals surface area contributed by atoms with Crippen LogP contribution in [0.5, 0.6) is 0 Å². The Morgan fingerprint density at radius 1 is 1.13 bits per heavy atom. The number of hydrogen-bond acceptors (Lipinski definition) is 5. The van der Waals surface area contributed by atoms with Crippen LogP contribution in [0.15, 0.2) is 63.1 Å². The summed E-state index contributed by atoms with van der Waals surface area (Å²) in [5.41, 5.74) is 3.25. The predicted molar refractivity (Wildman–Crippen MR) is 118 cm³/mol. The van der Waals surface area contributed by atoms with Gasteiger partial charge in [0.25, 0.3) is 5.56 Å². The third kappa shape index (κ3) is 3.73. The fourth-order valence-electron chi connectivity index (χ4n) is 3.73. The summed E-state index contributed by atoms with van der Waals surface area (Å²) in [6.45, 7) is 7.13. The Hall–Kier alpha value is -3.06. The number of Topliss-reactive ketones (excluding diaryl/α,β-unsaturated/α-hetero) is 1. The summed E-state index contributed by atoms with van der Waals surface area (Å²) in [6, 6.07) is 12.8. The zero-order valence-electron chi connectivity index (χ0n) is 17.2. The Bertz CT molecular complexity index is 1270. The summed E-state index contributed by atoms with van der Waals surface area (Å²) in [5.74, 6) is 0.894. The van der Waals surface area contributed by atoms with E-state index in [-0.39, 0.29) is 23.6 Å². The number of hydrogen-bond donors (Lipinski definition) is 0. The normalized spacial score (nSPS) is 11.3. The van der Waals surface area contributed by atoms with Gasteiger partial charge in [0.15, 0.2) is 10.9 Å². The molecular weight excluding hydrogens is 398 g/mol. The number of aryl methyl sites for hydroxylation is 1. The molecule has 0 saturated carbocycles. The van der Waals surface area contributed by atoms with Gasteiger partial charge in [0.05, 0.1) is 29.5 Å². The van der Waals surface area contributed by atoms with E-state index in [4.69, 9.17) is 4.42 Å². The minimum atomic E-state index is -0.142. The van der Waals surface area contributed by atoms with E-state index >= 15 is 0 Å². The highest BCUT2D eigenvalue weighted by atomic mass is 32.2. The first kappa shape index (κ1) is 20.2. The molecule has 0 aliphatic rings. The monoisotopic (exact) mass is 421 g/mol. The van der Waals surface area contributed by atoms with Gasteiger partial charge in [0, 0.05) is 23.5 Å². The van der Waals surface area contributed by atoms with Gasteiger partial charge in [-0.25, -0.2) is 4.98 Å². The molecule has 4 aromatic rings. The van der Waals surface area contributed by atoms with E-state index in [1.54, 1.807) is 23.0 Å². The highest BCUT2D eigenvalue weighted by Gasteiger charge is 2.18. The molecule has 0 amide bonds. The van der Waals surface area contributed by atoms with E-state index in [1.807, 2.05) is 44.2 Å². The van der Waals surface area contributed by atoms with Gasteiger partial charge in [0.2, 0.25) is 0 Å². The van der Waals surface area contributed by atoms with Crippen molar-refractivity contribution < 1.29 is 9.21 Å². The van der Waals surface area contributed by atoms with Gasteiger partial charge in [-0.2, -0.15) is 0 Å². The molecule has 0 bridgehead atoms. The lowest BCUT2D eigenvalue weighted by Gasteiger charge is -2.12. The minimum absolute atomic E-state index is 0.0276. The molecule has 0 N–H and O–H groups in total. The fourth-order valence-corrected chi connectivity index (χ4v) is 4.62. The summed E-state index contributed by atoms with van der Waals surface area (Å²) < 4.78 is 9.13. The number of carbonyl (C=O) groups is 1. The molecule has 0 unspecified atom stereocenters. The van der Waals surface area contributed by atoms with Crippen molar-refractivity contribution in [3.8, 4) is 0 Å². The first-order chi connectivity index (χ1) is 14.5. The van der Waals surface area contributed by atoms with Crippen molar-refractivity contribution in [2.24, 2.45) is 0 Å². The van der Waals surface area contributed by atoms with Crippen LogP contribution in [0, 0.1) is 13.8 Å². The average molecular weight is 422 g/mol. The van der Waals surface area contributed by atoms with Crippen molar-refractivity contribution in [1.29, 1.82) is 0 Å². The molecule has 1 aromatic carbocycles. The number of benzene rings is 1. The second kappa shape index (κ2) is 8.36. The standard InChI is InChI=1S/C23H23N3O3S/c1-4-25-15(2)12-19(16(25)3)21(27)14-30-23-24-20-10-6-5-9-18(20)22(28)26(23)13-17-8-7-11-29-17/h5-12H,4,13-14H2,1-3H3. The topological polar surface area (TPSA) is 70.0 Å². The zero-order chi connectivity index (χ0) is 21.3. The van der Waals surface area contributed by atoms with Crippen molar-refractivity contribution in [3.05, 3.63) is 81.8 Å². The van der Waals surface area contributed by atoms with Crippen LogP contribution in [-0.4, -0.2) is 25.7 Å². The molecule has 3 heterocycles. The van der Waals surface area contributed by atoms with Crippen molar-refractivity contribution in [3.63, 3.8) is 0 Å². The lowest BCUT2D eigenvalue weighted by Crippen LogP contribution is -2.24. The summed E-state index contributed by atoms with van der Waals surface area (Å²) in [4.78, 5) is 30.7. The molecule has 0 saturated heterocycles. The Kier molecular flexibility index (Phi) is 5.63. The molecule has 0 fully saturated rings. The summed E-state index contributed by atoms with van der Waals surface area (Å²) in [6.07, 6.45) is 1.58. The summed E-state index contributed by atoms with van der Waals surface area (Å²) >= 11 is 1.28. The molecule has 3 aromatic heterocycles. The first-order valence-corrected chi connectivity index (χ1v) is 10.8. The van der Waals surface area contributed by atoms with Crippen LogP contribution >= 0.6 is 11.8 Å². The molecule has 0 aliphatic heterocycles. The lowest BCUT2D eigenvalue weighted by atomic mass is 10.2. The first-order valence-electron chi connectivity index (χ1n) is 9.84. The molecule has 0 atom stereocenters. The van der Waals surface area contributed by atoms with Crippen molar-refractivity contribution >= 4 is 28.4 Å². The Balaban J connectivity index is 1.68. The number of fused-ring (bicyclic) bond motifs is 1. The van der Waals surface area contributed by atoms with E-state index in [0.717, 1.165) is 23.5 Å². The number of thioether (sulfide) groups is 1. The SMILES string of the molecule is CCn1c(C)cc(C(=O)CSc2nc3ccccc3c(=O)n2Cc2ccco2)c1C. The van der Waals surface area contributed by atoms with Gasteiger partial charge in [-0.1, -0.05) is 23.9 Å². The molecule has 30 heavy (non-hydrogen) atoms. The Morgan fingerprint density at radius 3 is 2.63 bits per heavy atom.